The summed E-state index contributed by atoms with van der Waals surface area (Å²) in [5.74, 6) is 1.43. The molecule has 2 aliphatic carbocycles. The summed E-state index contributed by atoms with van der Waals surface area (Å²) in [6, 6.07) is 16.8. The van der Waals surface area contributed by atoms with Gasteiger partial charge in [-0.1, -0.05) is 24.6 Å². The van der Waals surface area contributed by atoms with E-state index in [2.05, 4.69) is 26.6 Å². The Labute approximate surface area is 252 Å². The Kier molecular flexibility index (Phi) is 8.44. The molecular weight excluding hydrogens is 544 g/mol. The highest BCUT2D eigenvalue weighted by Gasteiger charge is 2.56. The number of hydrogen-bond donors (Lipinski definition) is 2. The lowest BCUT2D eigenvalue weighted by atomic mass is 9.98. The first-order chi connectivity index (χ1) is 21.0. The number of benzene rings is 2. The second-order valence-corrected chi connectivity index (χ2v) is 11.5. The third-order valence-corrected chi connectivity index (χ3v) is 8.60. The zero-order valence-electron chi connectivity index (χ0n) is 24.7. The Bertz CT molecular complexity index is 1510. The molecule has 2 aromatic carbocycles. The third-order valence-electron chi connectivity index (χ3n) is 8.60. The van der Waals surface area contributed by atoms with Crippen LogP contribution in [0.5, 0.6) is 11.5 Å². The van der Waals surface area contributed by atoms with Gasteiger partial charge in [0.05, 0.1) is 12.8 Å². The molecule has 0 bridgehead atoms. The van der Waals surface area contributed by atoms with E-state index >= 15 is 0 Å². The van der Waals surface area contributed by atoms with Crippen molar-refractivity contribution in [3.05, 3.63) is 83.4 Å². The summed E-state index contributed by atoms with van der Waals surface area (Å²) in [7, 11) is 3.27. The lowest BCUT2D eigenvalue weighted by Crippen LogP contribution is -2.36. The molecule has 224 valence electrons. The Balaban J connectivity index is 1.09. The van der Waals surface area contributed by atoms with Crippen molar-refractivity contribution in [1.82, 2.24) is 9.88 Å². The fourth-order valence-corrected chi connectivity index (χ4v) is 5.85. The van der Waals surface area contributed by atoms with Gasteiger partial charge in [0, 0.05) is 43.2 Å². The van der Waals surface area contributed by atoms with Crippen molar-refractivity contribution in [3.63, 3.8) is 0 Å². The number of hydrogen-bond acceptors (Lipinski definition) is 7. The maximum Gasteiger partial charge on any atom is 0.240 e. The van der Waals surface area contributed by atoms with Gasteiger partial charge in [-0.3, -0.25) is 19.5 Å². The number of pyridine rings is 1. The lowest BCUT2D eigenvalue weighted by molar-refractivity contribution is -0.131. The summed E-state index contributed by atoms with van der Waals surface area (Å²) in [4.78, 5) is 33.6. The molecule has 2 heterocycles. The summed E-state index contributed by atoms with van der Waals surface area (Å²) in [6.07, 6.45) is 8.75. The highest BCUT2D eigenvalue weighted by atomic mass is 16.5. The first-order valence-electron chi connectivity index (χ1n) is 15.0. The van der Waals surface area contributed by atoms with Gasteiger partial charge < -0.3 is 24.8 Å². The van der Waals surface area contributed by atoms with E-state index in [9.17, 15) is 9.59 Å². The number of aromatic nitrogens is 1. The maximum absolute atomic E-state index is 13.4. The quantitative estimate of drug-likeness (QED) is 0.293. The number of piperidine rings is 1. The molecule has 0 spiro atoms. The SMILES string of the molecule is COC1=Cc2c(Oc3ccc(NC(=O)C4(C(=O)Nc5ccccc5CN5CCCCC5)CC4)cc3)ccnc2CC1OC. The summed E-state index contributed by atoms with van der Waals surface area (Å²) < 4.78 is 17.2. The van der Waals surface area contributed by atoms with Gasteiger partial charge in [0.2, 0.25) is 11.8 Å². The van der Waals surface area contributed by atoms with Gasteiger partial charge in [0.25, 0.3) is 0 Å². The van der Waals surface area contributed by atoms with Crippen LogP contribution in [0.15, 0.2) is 66.6 Å². The summed E-state index contributed by atoms with van der Waals surface area (Å²) in [5, 5.41) is 6.02. The fraction of sp³-hybridized carbons (Fsp3) is 0.382. The highest BCUT2D eigenvalue weighted by molar-refractivity contribution is 6.17. The van der Waals surface area contributed by atoms with Crippen molar-refractivity contribution >= 4 is 29.3 Å². The average molecular weight is 583 g/mol. The van der Waals surface area contributed by atoms with Crippen LogP contribution in [-0.4, -0.2) is 55.1 Å². The summed E-state index contributed by atoms with van der Waals surface area (Å²) in [6.45, 7) is 2.94. The van der Waals surface area contributed by atoms with Crippen LogP contribution in [-0.2, 0) is 32.0 Å². The number of methoxy groups -OCH3 is 2. The molecule has 2 amide bonds. The van der Waals surface area contributed by atoms with Crippen LogP contribution in [0, 0.1) is 5.41 Å². The molecule has 1 unspecified atom stereocenters. The van der Waals surface area contributed by atoms with Crippen LogP contribution >= 0.6 is 0 Å². The summed E-state index contributed by atoms with van der Waals surface area (Å²) in [5.41, 5.74) is 3.12. The van der Waals surface area contributed by atoms with E-state index in [0.29, 0.717) is 36.4 Å². The van der Waals surface area contributed by atoms with Crippen molar-refractivity contribution in [1.29, 1.82) is 0 Å². The average Bonchev–Trinajstić information content (AvgIpc) is 3.85. The monoisotopic (exact) mass is 582 g/mol. The standard InChI is InChI=1S/C34H38N4O5/c1-41-30-20-26-28(21-31(30)42-2)35-17-14-29(26)43-25-12-10-24(11-13-25)36-32(39)34(15-16-34)33(40)37-27-9-5-4-8-23(27)22-38-18-6-3-7-19-38/h4-5,8-14,17,20,31H,3,6-7,15-16,18-19,21-22H2,1-2H3,(H,36,39)(H,37,40). The Morgan fingerprint density at radius 3 is 2.42 bits per heavy atom. The normalized spacial score (nSPS) is 19.0. The number of amides is 2. The minimum atomic E-state index is -1.06. The van der Waals surface area contributed by atoms with Gasteiger partial charge >= 0.3 is 0 Å². The Morgan fingerprint density at radius 2 is 1.70 bits per heavy atom. The number of para-hydroxylation sites is 1. The number of carbonyl (C=O) groups is 2. The van der Waals surface area contributed by atoms with Gasteiger partial charge in [-0.2, -0.15) is 0 Å². The number of likely N-dealkylation sites (tertiary alicyclic amines) is 1. The molecule has 1 aliphatic heterocycles. The minimum Gasteiger partial charge on any atom is -0.498 e. The first-order valence-corrected chi connectivity index (χ1v) is 15.0. The molecule has 1 atom stereocenters. The van der Waals surface area contributed by atoms with E-state index in [0.717, 1.165) is 47.9 Å². The molecule has 2 N–H and O–H groups in total. The van der Waals surface area contributed by atoms with Gasteiger partial charge in [-0.15, -0.1) is 0 Å². The third kappa shape index (κ3) is 6.28. The van der Waals surface area contributed by atoms with Crippen LogP contribution in [0.3, 0.4) is 0 Å². The zero-order chi connectivity index (χ0) is 29.8. The van der Waals surface area contributed by atoms with E-state index < -0.39 is 5.41 Å². The largest absolute Gasteiger partial charge is 0.498 e. The molecule has 43 heavy (non-hydrogen) atoms. The molecule has 0 radical (unpaired) electrons. The second kappa shape index (κ2) is 12.6. The van der Waals surface area contributed by atoms with E-state index in [1.165, 1.54) is 19.3 Å². The Morgan fingerprint density at radius 1 is 0.953 bits per heavy atom. The van der Waals surface area contributed by atoms with Crippen LogP contribution in [0.25, 0.3) is 6.08 Å². The van der Waals surface area contributed by atoms with Gasteiger partial charge in [-0.25, -0.2) is 0 Å². The maximum atomic E-state index is 13.4. The van der Waals surface area contributed by atoms with Crippen LogP contribution in [0.2, 0.25) is 0 Å². The first kappa shape index (κ1) is 28.9. The molecule has 1 saturated heterocycles. The number of carbonyl (C=O) groups excluding carboxylic acids is 2. The lowest BCUT2D eigenvalue weighted by Gasteiger charge is -2.27. The van der Waals surface area contributed by atoms with Crippen molar-refractivity contribution in [2.75, 3.05) is 37.9 Å². The predicted molar refractivity (Wildman–Crippen MR) is 165 cm³/mol. The minimum absolute atomic E-state index is 0.186. The fourth-order valence-electron chi connectivity index (χ4n) is 5.85. The van der Waals surface area contributed by atoms with E-state index in [1.807, 2.05) is 30.3 Å². The molecule has 1 saturated carbocycles. The zero-order valence-corrected chi connectivity index (χ0v) is 24.7. The number of ether oxygens (including phenoxy) is 3. The number of fused-ring (bicyclic) bond motifs is 1. The van der Waals surface area contributed by atoms with Crippen LogP contribution < -0.4 is 15.4 Å². The van der Waals surface area contributed by atoms with E-state index in [-0.39, 0.29) is 17.9 Å². The molecule has 1 aromatic heterocycles. The number of nitrogens with zero attached hydrogens (tertiary/aromatic N) is 2. The molecule has 3 aromatic rings. The van der Waals surface area contributed by atoms with Gasteiger partial charge in [-0.05, 0) is 86.8 Å². The van der Waals surface area contributed by atoms with Crippen LogP contribution in [0.1, 0.15) is 48.9 Å². The molecule has 9 nitrogen and oxygen atoms in total. The molecule has 3 aliphatic rings. The van der Waals surface area contributed by atoms with Crippen molar-refractivity contribution in [3.8, 4) is 11.5 Å². The van der Waals surface area contributed by atoms with Crippen molar-refractivity contribution in [2.24, 2.45) is 5.41 Å². The van der Waals surface area contributed by atoms with E-state index in [4.69, 9.17) is 14.2 Å². The number of rotatable bonds is 10. The van der Waals surface area contributed by atoms with Crippen molar-refractivity contribution < 1.29 is 23.8 Å². The number of anilines is 2. The van der Waals surface area contributed by atoms with E-state index in [1.54, 1.807) is 44.7 Å². The smallest absolute Gasteiger partial charge is 0.240 e. The number of nitrogens with one attached hydrogen (secondary N) is 2. The highest BCUT2D eigenvalue weighted by Crippen LogP contribution is 2.48. The van der Waals surface area contributed by atoms with Crippen molar-refractivity contribution in [2.45, 2.75) is 51.2 Å². The Hall–Kier alpha value is -4.21. The molecule has 6 rings (SSSR count). The molecule has 2 fully saturated rings. The van der Waals surface area contributed by atoms with Gasteiger partial charge in [0.1, 0.15) is 28.8 Å². The van der Waals surface area contributed by atoms with Gasteiger partial charge in [0.15, 0.2) is 0 Å². The van der Waals surface area contributed by atoms with Crippen LogP contribution in [0.4, 0.5) is 11.4 Å². The molecular formula is C34H38N4O5. The second-order valence-electron chi connectivity index (χ2n) is 11.5. The predicted octanol–water partition coefficient (Wildman–Crippen LogP) is 5.78. The summed E-state index contributed by atoms with van der Waals surface area (Å²) >= 11 is 0. The molecule has 9 heteroatoms. The topological polar surface area (TPSA) is 102 Å².